The Morgan fingerprint density at radius 3 is 2.55 bits per heavy atom. The monoisotopic (exact) mass is 278 g/mol. The van der Waals surface area contributed by atoms with E-state index < -0.39 is 0 Å². The summed E-state index contributed by atoms with van der Waals surface area (Å²) in [6.07, 6.45) is 3.03. The van der Waals surface area contributed by atoms with Crippen LogP contribution in [0.5, 0.6) is 0 Å². The molecule has 0 unspecified atom stereocenters. The van der Waals surface area contributed by atoms with Crippen LogP contribution in [0.2, 0.25) is 0 Å². The van der Waals surface area contributed by atoms with Crippen molar-refractivity contribution in [2.75, 3.05) is 6.54 Å². The van der Waals surface area contributed by atoms with Crippen molar-refractivity contribution in [3.05, 3.63) is 35.9 Å². The summed E-state index contributed by atoms with van der Waals surface area (Å²) in [4.78, 5) is 27.2. The van der Waals surface area contributed by atoms with Gasteiger partial charge in [0.15, 0.2) is 0 Å². The molecule has 0 aromatic heterocycles. The van der Waals surface area contributed by atoms with Crippen molar-refractivity contribution in [3.63, 3.8) is 0 Å². The van der Waals surface area contributed by atoms with Crippen LogP contribution in [-0.4, -0.2) is 18.4 Å². The molecular weight excluding hydrogens is 256 g/mol. The molecule has 0 aliphatic carbocycles. The number of hydrogen-bond donors (Lipinski definition) is 2. The number of nitrogens with one attached hydrogen (secondary N) is 2. The maximum absolute atomic E-state index is 11.5. The number of hydroxylamine groups is 1. The lowest BCUT2D eigenvalue weighted by Crippen LogP contribution is -2.23. The van der Waals surface area contributed by atoms with Crippen molar-refractivity contribution in [2.24, 2.45) is 0 Å². The fourth-order valence-corrected chi connectivity index (χ4v) is 1.68. The van der Waals surface area contributed by atoms with E-state index in [-0.39, 0.29) is 11.8 Å². The summed E-state index contributed by atoms with van der Waals surface area (Å²) < 4.78 is 0. The SMILES string of the molecule is CC(=O)NCCCCCC(=O)NOCc1ccccc1. The molecule has 0 spiro atoms. The van der Waals surface area contributed by atoms with E-state index in [1.165, 1.54) is 6.92 Å². The average Bonchev–Trinajstić information content (AvgIpc) is 2.43. The third kappa shape index (κ3) is 8.26. The van der Waals surface area contributed by atoms with Gasteiger partial charge >= 0.3 is 0 Å². The summed E-state index contributed by atoms with van der Waals surface area (Å²) in [5, 5.41) is 2.72. The first kappa shape index (κ1) is 16.2. The van der Waals surface area contributed by atoms with E-state index in [1.807, 2.05) is 30.3 Å². The largest absolute Gasteiger partial charge is 0.356 e. The van der Waals surface area contributed by atoms with Crippen LogP contribution in [0.1, 0.15) is 38.2 Å². The lowest BCUT2D eigenvalue weighted by Gasteiger charge is -2.06. The van der Waals surface area contributed by atoms with Crippen LogP contribution in [0, 0.1) is 0 Å². The Balaban J connectivity index is 1.97. The molecule has 0 saturated carbocycles. The van der Waals surface area contributed by atoms with Gasteiger partial charge in [0.05, 0.1) is 6.61 Å². The van der Waals surface area contributed by atoms with Gasteiger partial charge in [0.2, 0.25) is 11.8 Å². The van der Waals surface area contributed by atoms with Gasteiger partial charge in [-0.3, -0.25) is 14.4 Å². The van der Waals surface area contributed by atoms with E-state index in [0.29, 0.717) is 19.6 Å². The molecule has 5 heteroatoms. The molecule has 1 aromatic rings. The number of unbranched alkanes of at least 4 members (excludes halogenated alkanes) is 2. The molecular formula is C15H22N2O3. The number of carbonyl (C=O) groups is 2. The molecule has 0 bridgehead atoms. The van der Waals surface area contributed by atoms with Crippen LogP contribution in [-0.2, 0) is 21.0 Å². The first-order valence-corrected chi connectivity index (χ1v) is 6.87. The van der Waals surface area contributed by atoms with Crippen LogP contribution >= 0.6 is 0 Å². The van der Waals surface area contributed by atoms with Crippen LogP contribution in [0.25, 0.3) is 0 Å². The molecule has 0 aliphatic rings. The second-order valence-electron chi connectivity index (χ2n) is 4.59. The predicted octanol–water partition coefficient (Wildman–Crippen LogP) is 1.93. The van der Waals surface area contributed by atoms with Crippen molar-refractivity contribution >= 4 is 11.8 Å². The molecule has 5 nitrogen and oxygen atoms in total. The van der Waals surface area contributed by atoms with Gasteiger partial charge in [-0.05, 0) is 18.4 Å². The molecule has 110 valence electrons. The molecule has 0 heterocycles. The smallest absolute Gasteiger partial charge is 0.243 e. The Hall–Kier alpha value is -1.88. The quantitative estimate of drug-likeness (QED) is 0.536. The fraction of sp³-hybridized carbons (Fsp3) is 0.467. The van der Waals surface area contributed by atoms with E-state index in [9.17, 15) is 9.59 Å². The predicted molar refractivity (Wildman–Crippen MR) is 76.5 cm³/mol. The first-order chi connectivity index (χ1) is 9.68. The summed E-state index contributed by atoms with van der Waals surface area (Å²) in [6, 6.07) is 9.66. The molecule has 0 saturated heterocycles. The number of hydrogen-bond acceptors (Lipinski definition) is 3. The van der Waals surface area contributed by atoms with Crippen LogP contribution < -0.4 is 10.8 Å². The Kier molecular flexibility index (Phi) is 8.07. The Morgan fingerprint density at radius 2 is 1.85 bits per heavy atom. The molecule has 2 N–H and O–H groups in total. The summed E-state index contributed by atoms with van der Waals surface area (Å²) >= 11 is 0. The molecule has 0 radical (unpaired) electrons. The zero-order chi connectivity index (χ0) is 14.6. The molecule has 1 aromatic carbocycles. The molecule has 1 rings (SSSR count). The van der Waals surface area contributed by atoms with Crippen molar-refractivity contribution in [2.45, 2.75) is 39.2 Å². The molecule has 2 amide bonds. The third-order valence-electron chi connectivity index (χ3n) is 2.72. The van der Waals surface area contributed by atoms with Gasteiger partial charge in [-0.1, -0.05) is 36.8 Å². The van der Waals surface area contributed by atoms with Crippen LogP contribution in [0.15, 0.2) is 30.3 Å². The van der Waals surface area contributed by atoms with Crippen molar-refractivity contribution in [1.82, 2.24) is 10.8 Å². The van der Waals surface area contributed by atoms with Crippen LogP contribution in [0.3, 0.4) is 0 Å². The highest BCUT2D eigenvalue weighted by Gasteiger charge is 2.01. The third-order valence-corrected chi connectivity index (χ3v) is 2.72. The highest BCUT2D eigenvalue weighted by atomic mass is 16.6. The molecule has 0 atom stereocenters. The van der Waals surface area contributed by atoms with E-state index in [0.717, 1.165) is 24.8 Å². The van der Waals surface area contributed by atoms with Gasteiger partial charge in [-0.25, -0.2) is 5.48 Å². The normalized spacial score (nSPS) is 10.1. The Morgan fingerprint density at radius 1 is 1.10 bits per heavy atom. The van der Waals surface area contributed by atoms with Gasteiger partial charge in [0, 0.05) is 19.9 Å². The van der Waals surface area contributed by atoms with Crippen molar-refractivity contribution in [1.29, 1.82) is 0 Å². The van der Waals surface area contributed by atoms with Gasteiger partial charge in [0.1, 0.15) is 0 Å². The minimum atomic E-state index is -0.111. The minimum Gasteiger partial charge on any atom is -0.356 e. The van der Waals surface area contributed by atoms with Gasteiger partial charge < -0.3 is 5.32 Å². The number of benzene rings is 1. The Labute approximate surface area is 119 Å². The van der Waals surface area contributed by atoms with Gasteiger partial charge in [-0.2, -0.15) is 0 Å². The molecule has 0 aliphatic heterocycles. The van der Waals surface area contributed by atoms with E-state index in [4.69, 9.17) is 4.84 Å². The fourth-order valence-electron chi connectivity index (χ4n) is 1.68. The second-order valence-corrected chi connectivity index (χ2v) is 4.59. The summed E-state index contributed by atoms with van der Waals surface area (Å²) in [6.45, 7) is 2.54. The highest BCUT2D eigenvalue weighted by molar-refractivity contribution is 5.74. The first-order valence-electron chi connectivity index (χ1n) is 6.87. The van der Waals surface area contributed by atoms with Gasteiger partial charge in [-0.15, -0.1) is 0 Å². The lowest BCUT2D eigenvalue weighted by molar-refractivity contribution is -0.134. The van der Waals surface area contributed by atoms with Crippen LogP contribution in [0.4, 0.5) is 0 Å². The highest BCUT2D eigenvalue weighted by Crippen LogP contribution is 2.01. The van der Waals surface area contributed by atoms with E-state index >= 15 is 0 Å². The second kappa shape index (κ2) is 9.97. The summed E-state index contributed by atoms with van der Waals surface area (Å²) in [5.74, 6) is -0.127. The van der Waals surface area contributed by atoms with E-state index in [1.54, 1.807) is 0 Å². The average molecular weight is 278 g/mol. The Bertz CT molecular complexity index is 407. The molecule has 20 heavy (non-hydrogen) atoms. The topological polar surface area (TPSA) is 67.4 Å². The van der Waals surface area contributed by atoms with E-state index in [2.05, 4.69) is 10.8 Å². The molecule has 0 fully saturated rings. The number of carbonyl (C=O) groups excluding carboxylic acids is 2. The maximum atomic E-state index is 11.5. The van der Waals surface area contributed by atoms with Gasteiger partial charge in [0.25, 0.3) is 0 Å². The zero-order valence-corrected chi connectivity index (χ0v) is 11.9. The minimum absolute atomic E-state index is 0.0166. The maximum Gasteiger partial charge on any atom is 0.243 e. The zero-order valence-electron chi connectivity index (χ0n) is 11.9. The van der Waals surface area contributed by atoms with Crippen molar-refractivity contribution in [3.8, 4) is 0 Å². The number of rotatable bonds is 9. The summed E-state index contributed by atoms with van der Waals surface area (Å²) in [7, 11) is 0. The standard InChI is InChI=1S/C15H22N2O3/c1-13(18)16-11-7-3-6-10-15(19)17-20-12-14-8-4-2-5-9-14/h2,4-5,8-9H,3,6-7,10-12H2,1H3,(H,16,18)(H,17,19). The lowest BCUT2D eigenvalue weighted by atomic mass is 10.2. The van der Waals surface area contributed by atoms with Crippen molar-refractivity contribution < 1.29 is 14.4 Å². The summed E-state index contributed by atoms with van der Waals surface area (Å²) in [5.41, 5.74) is 3.45. The number of amides is 2.